The quantitative estimate of drug-likeness (QED) is 0.162. The Kier molecular flexibility index (Phi) is 9.68. The number of anilines is 2. The van der Waals surface area contributed by atoms with E-state index in [9.17, 15) is 4.39 Å². The average Bonchev–Trinajstić information content (AvgIpc) is 3.44. The molecule has 3 heterocycles. The van der Waals surface area contributed by atoms with Gasteiger partial charge >= 0.3 is 0 Å². The van der Waals surface area contributed by atoms with Gasteiger partial charge in [-0.3, -0.25) is 0 Å². The van der Waals surface area contributed by atoms with Crippen molar-refractivity contribution in [1.82, 2.24) is 20.2 Å². The number of aromatic nitrogens is 2. The van der Waals surface area contributed by atoms with Crippen molar-refractivity contribution < 1.29 is 18.6 Å². The zero-order valence-corrected chi connectivity index (χ0v) is 29.4. The number of fused-ring (bicyclic) bond motifs is 3. The molecule has 7 rings (SSSR count). The normalized spacial score (nSPS) is 22.3. The summed E-state index contributed by atoms with van der Waals surface area (Å²) in [5, 5.41) is 7.98. The fourth-order valence-corrected chi connectivity index (χ4v) is 7.96. The Hall–Kier alpha value is -3.92. The Balaban J connectivity index is 1.02. The minimum absolute atomic E-state index is 0.0357. The molecule has 4 aromatic rings. The summed E-state index contributed by atoms with van der Waals surface area (Å²) in [6.45, 7) is 11.1. The summed E-state index contributed by atoms with van der Waals surface area (Å²) in [5.74, 6) is 3.87. The standard InChI is InChI=1S/C39H45ClFN5O3/c1-39(2,3)49-35-18-25-8-5-6-9-27(25)36(35)37-29-22-46(16-13-24(29)12-14-42-37)15-7-17-48-34-20-28-32(21-33(34)47-4)43-23-44-38(28)45-26-10-11-31(41)30(40)19-26/h5-6,8-11,18-21,23-24,29,36-37,42H,7,12-17,22H2,1-4H3,(H,43,44,45). The average molecular weight is 686 g/mol. The highest BCUT2D eigenvalue weighted by Gasteiger charge is 2.45. The first-order chi connectivity index (χ1) is 23.7. The monoisotopic (exact) mass is 685 g/mol. The van der Waals surface area contributed by atoms with Crippen molar-refractivity contribution in [3.8, 4) is 11.5 Å². The first kappa shape index (κ1) is 33.6. The maximum atomic E-state index is 13.7. The highest BCUT2D eigenvalue weighted by Crippen LogP contribution is 2.46. The van der Waals surface area contributed by atoms with E-state index < -0.39 is 5.82 Å². The van der Waals surface area contributed by atoms with Crippen LogP contribution in [0, 0.1) is 17.7 Å². The van der Waals surface area contributed by atoms with Gasteiger partial charge in [0.1, 0.15) is 29.3 Å². The number of benzene rings is 3. The van der Waals surface area contributed by atoms with Crippen LogP contribution in [0.15, 0.2) is 66.7 Å². The van der Waals surface area contributed by atoms with E-state index in [-0.39, 0.29) is 16.5 Å². The first-order valence-electron chi connectivity index (χ1n) is 17.3. The van der Waals surface area contributed by atoms with E-state index in [1.165, 1.54) is 42.4 Å². The minimum atomic E-state index is -0.476. The van der Waals surface area contributed by atoms with E-state index in [1.54, 1.807) is 13.2 Å². The molecule has 49 heavy (non-hydrogen) atoms. The second-order valence-electron chi connectivity index (χ2n) is 14.3. The number of likely N-dealkylation sites (tertiary alicyclic amines) is 1. The molecule has 0 bridgehead atoms. The number of halogens is 2. The summed E-state index contributed by atoms with van der Waals surface area (Å²) in [6, 6.07) is 17.3. The fourth-order valence-electron chi connectivity index (χ4n) is 7.78. The van der Waals surface area contributed by atoms with Gasteiger partial charge in [-0.2, -0.15) is 0 Å². The van der Waals surface area contributed by atoms with Crippen molar-refractivity contribution in [2.45, 2.75) is 57.6 Å². The van der Waals surface area contributed by atoms with E-state index in [1.807, 2.05) is 12.1 Å². The second-order valence-corrected chi connectivity index (χ2v) is 14.8. The third-order valence-corrected chi connectivity index (χ3v) is 10.2. The number of hydrogen-bond donors (Lipinski definition) is 2. The maximum Gasteiger partial charge on any atom is 0.162 e. The number of rotatable bonds is 10. The molecule has 2 saturated heterocycles. The van der Waals surface area contributed by atoms with Crippen molar-refractivity contribution in [2.24, 2.45) is 11.8 Å². The smallest absolute Gasteiger partial charge is 0.162 e. The summed E-state index contributed by atoms with van der Waals surface area (Å²) in [7, 11) is 1.63. The van der Waals surface area contributed by atoms with E-state index in [0.717, 1.165) is 43.7 Å². The van der Waals surface area contributed by atoms with Crippen LogP contribution in [0.5, 0.6) is 11.5 Å². The molecule has 2 aliphatic heterocycles. The summed E-state index contributed by atoms with van der Waals surface area (Å²) >= 11 is 6.01. The van der Waals surface area contributed by atoms with Gasteiger partial charge in [0, 0.05) is 36.3 Å². The lowest BCUT2D eigenvalue weighted by atomic mass is 9.71. The van der Waals surface area contributed by atoms with Gasteiger partial charge in [0.15, 0.2) is 11.5 Å². The van der Waals surface area contributed by atoms with Crippen LogP contribution >= 0.6 is 11.6 Å². The highest BCUT2D eigenvalue weighted by molar-refractivity contribution is 6.31. The largest absolute Gasteiger partial charge is 0.493 e. The van der Waals surface area contributed by atoms with Crippen molar-refractivity contribution in [2.75, 3.05) is 45.2 Å². The summed E-state index contributed by atoms with van der Waals surface area (Å²) in [6.07, 6.45) is 7.06. The molecule has 1 aromatic heterocycles. The lowest BCUT2D eigenvalue weighted by Gasteiger charge is -2.48. The van der Waals surface area contributed by atoms with E-state index >= 15 is 0 Å². The highest BCUT2D eigenvalue weighted by atomic mass is 35.5. The minimum Gasteiger partial charge on any atom is -0.493 e. The third-order valence-electron chi connectivity index (χ3n) is 9.94. The molecule has 3 aliphatic rings. The second kappa shape index (κ2) is 14.1. The van der Waals surface area contributed by atoms with Gasteiger partial charge < -0.3 is 29.7 Å². The van der Waals surface area contributed by atoms with Crippen LogP contribution < -0.4 is 20.1 Å². The van der Waals surface area contributed by atoms with Gasteiger partial charge in [0.2, 0.25) is 0 Å². The summed E-state index contributed by atoms with van der Waals surface area (Å²) < 4.78 is 32.4. The van der Waals surface area contributed by atoms with Gasteiger partial charge in [-0.05, 0) is 106 Å². The van der Waals surface area contributed by atoms with Crippen LogP contribution in [0.3, 0.4) is 0 Å². The molecule has 0 saturated carbocycles. The molecule has 0 spiro atoms. The van der Waals surface area contributed by atoms with Gasteiger partial charge in [0.25, 0.3) is 0 Å². The molecule has 4 atom stereocenters. The predicted molar refractivity (Wildman–Crippen MR) is 193 cm³/mol. The topological polar surface area (TPSA) is 80.8 Å². The van der Waals surface area contributed by atoms with E-state index in [4.69, 9.17) is 25.8 Å². The van der Waals surface area contributed by atoms with Gasteiger partial charge in [-0.25, -0.2) is 14.4 Å². The van der Waals surface area contributed by atoms with Crippen LogP contribution in [-0.4, -0.2) is 66.4 Å². The van der Waals surface area contributed by atoms with Gasteiger partial charge in [0.05, 0.1) is 30.2 Å². The van der Waals surface area contributed by atoms with Gasteiger partial charge in [-0.15, -0.1) is 0 Å². The molecule has 10 heteroatoms. The van der Waals surface area contributed by atoms with Crippen LogP contribution in [-0.2, 0) is 4.74 Å². The molecule has 4 unspecified atom stereocenters. The molecule has 8 nitrogen and oxygen atoms in total. The molecule has 2 N–H and O–H groups in total. The number of hydrogen-bond acceptors (Lipinski definition) is 8. The Morgan fingerprint density at radius 1 is 1.06 bits per heavy atom. The number of ether oxygens (including phenoxy) is 3. The van der Waals surface area contributed by atoms with E-state index in [2.05, 4.69) is 76.6 Å². The molecule has 1 aliphatic carbocycles. The van der Waals surface area contributed by atoms with Crippen LogP contribution in [0.1, 0.15) is 57.1 Å². The number of piperidine rings is 2. The Morgan fingerprint density at radius 3 is 2.73 bits per heavy atom. The van der Waals surface area contributed by atoms with Crippen molar-refractivity contribution in [3.05, 3.63) is 88.7 Å². The lowest BCUT2D eigenvalue weighted by Crippen LogP contribution is -2.56. The van der Waals surface area contributed by atoms with Crippen molar-refractivity contribution in [3.63, 3.8) is 0 Å². The number of methoxy groups -OCH3 is 1. The number of nitrogens with one attached hydrogen (secondary N) is 2. The molecule has 0 amide bonds. The zero-order valence-electron chi connectivity index (χ0n) is 28.6. The fraction of sp³-hybridized carbons (Fsp3) is 0.436. The maximum absolute atomic E-state index is 13.7. The third kappa shape index (κ3) is 7.35. The summed E-state index contributed by atoms with van der Waals surface area (Å²) in [5.41, 5.74) is 3.72. The Morgan fingerprint density at radius 2 is 1.92 bits per heavy atom. The van der Waals surface area contributed by atoms with Crippen LogP contribution in [0.4, 0.5) is 15.9 Å². The molecule has 0 radical (unpaired) electrons. The molecular formula is C39H45ClFN5O3. The predicted octanol–water partition coefficient (Wildman–Crippen LogP) is 8.20. The zero-order chi connectivity index (χ0) is 34.1. The van der Waals surface area contributed by atoms with Crippen molar-refractivity contribution in [1.29, 1.82) is 0 Å². The van der Waals surface area contributed by atoms with Crippen LogP contribution in [0.25, 0.3) is 17.0 Å². The SMILES string of the molecule is COc1cc2ncnc(Nc3ccc(F)c(Cl)c3)c2cc1OCCCN1CCC2CCNC(C3C(OC(C)(C)C)=Cc4ccccc43)C2C1. The molecule has 258 valence electrons. The summed E-state index contributed by atoms with van der Waals surface area (Å²) in [4.78, 5) is 11.5. The lowest BCUT2D eigenvalue weighted by molar-refractivity contribution is 0.0198. The van der Waals surface area contributed by atoms with Crippen LogP contribution in [0.2, 0.25) is 5.02 Å². The molecule has 2 fully saturated rings. The first-order valence-corrected chi connectivity index (χ1v) is 17.7. The molecular weight excluding hydrogens is 641 g/mol. The Labute approximate surface area is 293 Å². The van der Waals surface area contributed by atoms with E-state index in [0.29, 0.717) is 53.0 Å². The van der Waals surface area contributed by atoms with Crippen molar-refractivity contribution >= 4 is 40.1 Å². The Bertz CT molecular complexity index is 1850. The number of nitrogens with zero attached hydrogens (tertiary/aromatic N) is 3. The van der Waals surface area contributed by atoms with Gasteiger partial charge in [-0.1, -0.05) is 35.9 Å². The molecule has 3 aromatic carbocycles.